The third-order valence-electron chi connectivity index (χ3n) is 6.30. The van der Waals surface area contributed by atoms with Crippen LogP contribution in [0.5, 0.6) is 0 Å². The molecule has 3 aliphatic heterocycles. The Bertz CT molecular complexity index is 1040. The van der Waals surface area contributed by atoms with E-state index in [4.69, 9.17) is 11.6 Å². The van der Waals surface area contributed by atoms with E-state index in [0.717, 1.165) is 30.1 Å². The van der Waals surface area contributed by atoms with Gasteiger partial charge in [0.15, 0.2) is 0 Å². The molecule has 3 heterocycles. The number of likely N-dealkylation sites (N-methyl/N-ethyl adjacent to an activating group) is 1. The molecule has 5 rings (SSSR count). The monoisotopic (exact) mass is 443 g/mol. The summed E-state index contributed by atoms with van der Waals surface area (Å²) in [5, 5.41) is 4.10. The summed E-state index contributed by atoms with van der Waals surface area (Å²) >= 11 is 6.20. The maximum atomic E-state index is 14.2. The Balaban J connectivity index is 1.45. The molecule has 0 saturated carbocycles. The average Bonchev–Trinajstić information content (AvgIpc) is 3.16. The molecule has 31 heavy (non-hydrogen) atoms. The molecular weight excluding hydrogens is 421 g/mol. The van der Waals surface area contributed by atoms with Crippen LogP contribution in [0.1, 0.15) is 12.0 Å². The molecule has 9 heteroatoms. The van der Waals surface area contributed by atoms with Crippen LogP contribution in [0.2, 0.25) is 5.02 Å². The van der Waals surface area contributed by atoms with E-state index in [1.165, 1.54) is 6.07 Å². The standard InChI is InChI=1S/C22H23ClFN5O2/c1-26-19-18(20(30)29(22(26)31)13-14-6-2-3-9-17(14)24)28-11-5-10-27(21(28)25-19)16-8-4-7-15(23)12-16/h2-4,6-9,12,18-19,21,25H,5,10-11,13H2,1H3. The molecule has 2 aromatic rings. The molecule has 0 aromatic heterocycles. The summed E-state index contributed by atoms with van der Waals surface area (Å²) in [5.74, 6) is -0.736. The van der Waals surface area contributed by atoms with Gasteiger partial charge in [-0.25, -0.2) is 9.18 Å². The maximum Gasteiger partial charge on any atom is 0.328 e. The zero-order chi connectivity index (χ0) is 21.7. The average molecular weight is 444 g/mol. The number of imide groups is 1. The zero-order valence-electron chi connectivity index (χ0n) is 17.0. The number of hydrogen-bond donors (Lipinski definition) is 1. The van der Waals surface area contributed by atoms with E-state index >= 15 is 0 Å². The highest BCUT2D eigenvalue weighted by Crippen LogP contribution is 2.34. The van der Waals surface area contributed by atoms with Crippen molar-refractivity contribution in [2.24, 2.45) is 0 Å². The molecule has 7 nitrogen and oxygen atoms in total. The van der Waals surface area contributed by atoms with Gasteiger partial charge in [-0.2, -0.15) is 0 Å². The lowest BCUT2D eigenvalue weighted by Gasteiger charge is -2.44. The SMILES string of the molecule is CN1C(=O)N(Cc2ccccc2F)C(=O)C2C1NC1N(c3cccc(Cl)c3)CCCN21. The normalized spacial score (nSPS) is 26.3. The number of fused-ring (bicyclic) bond motifs is 3. The zero-order valence-corrected chi connectivity index (χ0v) is 17.8. The van der Waals surface area contributed by atoms with Crippen LogP contribution in [0.3, 0.4) is 0 Å². The van der Waals surface area contributed by atoms with Gasteiger partial charge in [0, 0.05) is 36.4 Å². The van der Waals surface area contributed by atoms with Gasteiger partial charge in [-0.3, -0.25) is 19.9 Å². The third-order valence-corrected chi connectivity index (χ3v) is 6.53. The second kappa shape index (κ2) is 7.78. The molecule has 0 aliphatic carbocycles. The summed E-state index contributed by atoms with van der Waals surface area (Å²) < 4.78 is 14.2. The number of nitrogens with zero attached hydrogens (tertiary/aromatic N) is 4. The van der Waals surface area contributed by atoms with Gasteiger partial charge in [-0.05, 0) is 30.7 Å². The molecular formula is C22H23ClFN5O2. The van der Waals surface area contributed by atoms with Crippen LogP contribution in [0.4, 0.5) is 14.9 Å². The minimum atomic E-state index is -0.540. The first-order valence-electron chi connectivity index (χ1n) is 10.3. The number of hydrogen-bond acceptors (Lipinski definition) is 5. The Morgan fingerprint density at radius 2 is 1.94 bits per heavy atom. The molecule has 0 spiro atoms. The Morgan fingerprint density at radius 1 is 1.13 bits per heavy atom. The van der Waals surface area contributed by atoms with Crippen molar-refractivity contribution >= 4 is 29.2 Å². The fourth-order valence-electron chi connectivity index (χ4n) is 4.78. The Morgan fingerprint density at radius 3 is 2.71 bits per heavy atom. The topological polar surface area (TPSA) is 59.1 Å². The highest BCUT2D eigenvalue weighted by atomic mass is 35.5. The van der Waals surface area contributed by atoms with Crippen molar-refractivity contribution in [2.45, 2.75) is 31.5 Å². The van der Waals surface area contributed by atoms with Gasteiger partial charge in [0.05, 0.1) is 6.54 Å². The van der Waals surface area contributed by atoms with Gasteiger partial charge >= 0.3 is 6.03 Å². The van der Waals surface area contributed by atoms with Gasteiger partial charge in [0.25, 0.3) is 5.91 Å². The van der Waals surface area contributed by atoms with Crippen LogP contribution < -0.4 is 10.2 Å². The predicted molar refractivity (Wildman–Crippen MR) is 115 cm³/mol. The second-order valence-electron chi connectivity index (χ2n) is 8.10. The molecule has 3 amide bonds. The maximum absolute atomic E-state index is 14.2. The number of anilines is 1. The summed E-state index contributed by atoms with van der Waals surface area (Å²) in [5.41, 5.74) is 1.27. The van der Waals surface area contributed by atoms with E-state index in [9.17, 15) is 14.0 Å². The van der Waals surface area contributed by atoms with E-state index in [1.54, 1.807) is 30.1 Å². The fraction of sp³-hybridized carbons (Fsp3) is 0.364. The van der Waals surface area contributed by atoms with Crippen LogP contribution in [-0.4, -0.2) is 65.3 Å². The first-order chi connectivity index (χ1) is 15.0. The quantitative estimate of drug-likeness (QED) is 0.790. The summed E-state index contributed by atoms with van der Waals surface area (Å²) in [7, 11) is 1.68. The van der Waals surface area contributed by atoms with Crippen LogP contribution in [-0.2, 0) is 11.3 Å². The smallest absolute Gasteiger partial charge is 0.328 e. The number of carbonyl (C=O) groups excluding carboxylic acids is 2. The third kappa shape index (κ3) is 3.35. The van der Waals surface area contributed by atoms with Crippen LogP contribution in [0, 0.1) is 5.82 Å². The van der Waals surface area contributed by atoms with Gasteiger partial charge < -0.3 is 9.80 Å². The molecule has 0 radical (unpaired) electrons. The molecule has 3 aliphatic rings. The highest BCUT2D eigenvalue weighted by Gasteiger charge is 2.56. The summed E-state index contributed by atoms with van der Waals surface area (Å²) in [4.78, 5) is 33.4. The Labute approximate surface area is 185 Å². The lowest BCUT2D eigenvalue weighted by molar-refractivity contribution is -0.139. The summed E-state index contributed by atoms with van der Waals surface area (Å²) in [6.07, 6.45) is 0.170. The van der Waals surface area contributed by atoms with Crippen molar-refractivity contribution in [3.05, 3.63) is 64.9 Å². The van der Waals surface area contributed by atoms with Crippen LogP contribution >= 0.6 is 11.6 Å². The number of rotatable bonds is 3. The largest absolute Gasteiger partial charge is 0.343 e. The summed E-state index contributed by atoms with van der Waals surface area (Å²) in [6.45, 7) is 1.43. The van der Waals surface area contributed by atoms with Crippen LogP contribution in [0.15, 0.2) is 48.5 Å². The molecule has 3 atom stereocenters. The van der Waals surface area contributed by atoms with E-state index in [1.807, 2.05) is 24.3 Å². The van der Waals surface area contributed by atoms with E-state index in [2.05, 4.69) is 15.1 Å². The molecule has 1 N–H and O–H groups in total. The van der Waals surface area contributed by atoms with Crippen molar-refractivity contribution in [3.8, 4) is 0 Å². The molecule has 3 unspecified atom stereocenters. The predicted octanol–water partition coefficient (Wildman–Crippen LogP) is 2.67. The Hall–Kier alpha value is -2.68. The number of nitrogens with one attached hydrogen (secondary N) is 1. The molecule has 0 bridgehead atoms. The number of carbonyl (C=O) groups is 2. The molecule has 2 aromatic carbocycles. The van der Waals surface area contributed by atoms with Gasteiger partial charge in [0.2, 0.25) is 0 Å². The highest BCUT2D eigenvalue weighted by molar-refractivity contribution is 6.30. The van der Waals surface area contributed by atoms with Crippen molar-refractivity contribution in [2.75, 3.05) is 25.0 Å². The second-order valence-corrected chi connectivity index (χ2v) is 8.54. The number of amides is 3. The minimum Gasteiger partial charge on any atom is -0.343 e. The van der Waals surface area contributed by atoms with E-state index in [-0.39, 0.29) is 18.7 Å². The van der Waals surface area contributed by atoms with E-state index in [0.29, 0.717) is 10.6 Å². The van der Waals surface area contributed by atoms with Crippen molar-refractivity contribution in [1.82, 2.24) is 20.0 Å². The molecule has 162 valence electrons. The van der Waals surface area contributed by atoms with Gasteiger partial charge in [-0.15, -0.1) is 0 Å². The van der Waals surface area contributed by atoms with Gasteiger partial charge in [-0.1, -0.05) is 35.9 Å². The summed E-state index contributed by atoms with van der Waals surface area (Å²) in [6, 6.07) is 12.9. The number of urea groups is 1. The minimum absolute atomic E-state index is 0.0889. The number of benzene rings is 2. The first-order valence-corrected chi connectivity index (χ1v) is 10.7. The number of halogens is 2. The van der Waals surface area contributed by atoms with Crippen LogP contribution in [0.25, 0.3) is 0 Å². The van der Waals surface area contributed by atoms with E-state index < -0.39 is 24.1 Å². The van der Waals surface area contributed by atoms with Crippen molar-refractivity contribution in [3.63, 3.8) is 0 Å². The van der Waals surface area contributed by atoms with Crippen molar-refractivity contribution in [1.29, 1.82) is 0 Å². The lowest BCUT2D eigenvalue weighted by Crippen LogP contribution is -2.66. The Kier molecular flexibility index (Phi) is 5.08. The van der Waals surface area contributed by atoms with Gasteiger partial charge in [0.1, 0.15) is 24.3 Å². The molecule has 3 saturated heterocycles. The molecule has 3 fully saturated rings. The lowest BCUT2D eigenvalue weighted by atomic mass is 10.1. The van der Waals surface area contributed by atoms with Crippen molar-refractivity contribution < 1.29 is 14.0 Å². The first kappa shape index (κ1) is 20.2. The fourth-order valence-corrected chi connectivity index (χ4v) is 4.97.